The molecule has 3 heterocycles. The van der Waals surface area contributed by atoms with Gasteiger partial charge in [0.05, 0.1) is 5.69 Å². The van der Waals surface area contributed by atoms with E-state index in [9.17, 15) is 5.11 Å². The summed E-state index contributed by atoms with van der Waals surface area (Å²) in [5.74, 6) is 0.337. The van der Waals surface area contributed by atoms with E-state index in [-0.39, 0.29) is 0 Å². The molecule has 0 unspecified atom stereocenters. The van der Waals surface area contributed by atoms with Crippen molar-refractivity contribution in [3.8, 4) is 0 Å². The van der Waals surface area contributed by atoms with Gasteiger partial charge in [-0.05, 0) is 31.3 Å². The van der Waals surface area contributed by atoms with Crippen LogP contribution in [0.15, 0.2) is 65.9 Å². The SMILES string of the molecule is CN1CC(=C2C=CC=CN2)C(O)=C(c2ccccn2)C1. The van der Waals surface area contributed by atoms with E-state index in [0.717, 1.165) is 22.5 Å². The number of nitrogens with zero attached hydrogens (tertiary/aromatic N) is 2. The zero-order valence-corrected chi connectivity index (χ0v) is 11.4. The molecule has 0 aromatic carbocycles. The van der Waals surface area contributed by atoms with Crippen LogP contribution in [-0.2, 0) is 0 Å². The van der Waals surface area contributed by atoms with Gasteiger partial charge in [0.25, 0.3) is 0 Å². The Labute approximate surface area is 118 Å². The Morgan fingerprint density at radius 3 is 2.75 bits per heavy atom. The van der Waals surface area contributed by atoms with Crippen LogP contribution in [0.2, 0.25) is 0 Å². The summed E-state index contributed by atoms with van der Waals surface area (Å²) in [5, 5.41) is 13.8. The fraction of sp³-hybridized carbons (Fsp3) is 0.188. The second-order valence-corrected chi connectivity index (χ2v) is 4.97. The number of allylic oxidation sites excluding steroid dienone is 3. The zero-order valence-electron chi connectivity index (χ0n) is 11.4. The second-order valence-electron chi connectivity index (χ2n) is 4.97. The molecule has 0 radical (unpaired) electrons. The molecule has 4 nitrogen and oxygen atoms in total. The lowest BCUT2D eigenvalue weighted by Crippen LogP contribution is -2.31. The second kappa shape index (κ2) is 5.35. The maximum absolute atomic E-state index is 10.6. The van der Waals surface area contributed by atoms with Gasteiger partial charge in [0.2, 0.25) is 0 Å². The molecule has 2 aliphatic rings. The topological polar surface area (TPSA) is 48.4 Å². The van der Waals surface area contributed by atoms with Gasteiger partial charge in [-0.2, -0.15) is 0 Å². The summed E-state index contributed by atoms with van der Waals surface area (Å²) in [6.45, 7) is 1.40. The lowest BCUT2D eigenvalue weighted by Gasteiger charge is -2.28. The Hall–Kier alpha value is -2.33. The minimum absolute atomic E-state index is 0.337. The average Bonchev–Trinajstić information content (AvgIpc) is 2.51. The van der Waals surface area contributed by atoms with Crippen molar-refractivity contribution in [3.63, 3.8) is 0 Å². The van der Waals surface area contributed by atoms with Crippen molar-refractivity contribution in [2.24, 2.45) is 0 Å². The van der Waals surface area contributed by atoms with Crippen LogP contribution in [0.1, 0.15) is 5.69 Å². The van der Waals surface area contributed by atoms with Crippen molar-refractivity contribution < 1.29 is 5.11 Å². The van der Waals surface area contributed by atoms with E-state index in [2.05, 4.69) is 15.2 Å². The Morgan fingerprint density at radius 2 is 2.05 bits per heavy atom. The van der Waals surface area contributed by atoms with Crippen LogP contribution in [0.3, 0.4) is 0 Å². The first-order valence-corrected chi connectivity index (χ1v) is 6.61. The van der Waals surface area contributed by atoms with Gasteiger partial charge in [0.15, 0.2) is 0 Å². The van der Waals surface area contributed by atoms with E-state index in [1.54, 1.807) is 6.20 Å². The largest absolute Gasteiger partial charge is 0.507 e. The van der Waals surface area contributed by atoms with Crippen molar-refractivity contribution in [1.82, 2.24) is 15.2 Å². The third-order valence-electron chi connectivity index (χ3n) is 3.44. The van der Waals surface area contributed by atoms with Gasteiger partial charge in [-0.25, -0.2) is 0 Å². The molecule has 4 heteroatoms. The normalized spacial score (nSPS) is 23.1. The summed E-state index contributed by atoms with van der Waals surface area (Å²) in [6, 6.07) is 5.74. The van der Waals surface area contributed by atoms with Gasteiger partial charge in [0, 0.05) is 42.3 Å². The standard InChI is InChI=1S/C16H17N3O/c1-19-10-12(14-6-2-4-8-17-14)16(20)13(11-19)15-7-3-5-9-18-15/h2-9,17,20H,10-11H2,1H3. The summed E-state index contributed by atoms with van der Waals surface area (Å²) in [6.07, 6.45) is 9.47. The number of aliphatic hydroxyl groups excluding tert-OH is 1. The number of nitrogens with one attached hydrogen (secondary N) is 1. The van der Waals surface area contributed by atoms with E-state index in [0.29, 0.717) is 18.8 Å². The van der Waals surface area contributed by atoms with Crippen molar-refractivity contribution in [3.05, 3.63) is 71.5 Å². The lowest BCUT2D eigenvalue weighted by molar-refractivity contribution is 0.345. The Kier molecular flexibility index (Phi) is 3.39. The number of dihydropyridines is 1. The van der Waals surface area contributed by atoms with Crippen molar-refractivity contribution in [2.75, 3.05) is 20.1 Å². The highest BCUT2D eigenvalue weighted by atomic mass is 16.3. The lowest BCUT2D eigenvalue weighted by atomic mass is 9.98. The molecule has 2 N–H and O–H groups in total. The molecule has 2 aliphatic heterocycles. The molecule has 0 saturated carbocycles. The van der Waals surface area contributed by atoms with Crippen LogP contribution in [0, 0.1) is 0 Å². The van der Waals surface area contributed by atoms with Crippen LogP contribution < -0.4 is 5.32 Å². The number of pyridine rings is 1. The molecule has 0 bridgehead atoms. The van der Waals surface area contributed by atoms with Crippen LogP contribution >= 0.6 is 0 Å². The monoisotopic (exact) mass is 267 g/mol. The highest BCUT2D eigenvalue weighted by Gasteiger charge is 2.24. The van der Waals surface area contributed by atoms with E-state index >= 15 is 0 Å². The van der Waals surface area contributed by atoms with Gasteiger partial charge < -0.3 is 10.4 Å². The number of hydrogen-bond donors (Lipinski definition) is 2. The van der Waals surface area contributed by atoms with Gasteiger partial charge in [-0.3, -0.25) is 9.88 Å². The first kappa shape index (κ1) is 12.7. The molecular formula is C16H17N3O. The zero-order chi connectivity index (χ0) is 13.9. The molecule has 20 heavy (non-hydrogen) atoms. The first-order chi connectivity index (χ1) is 9.75. The van der Waals surface area contributed by atoms with Crippen LogP contribution in [0.25, 0.3) is 5.57 Å². The third-order valence-corrected chi connectivity index (χ3v) is 3.44. The van der Waals surface area contributed by atoms with Gasteiger partial charge in [-0.15, -0.1) is 0 Å². The smallest absolute Gasteiger partial charge is 0.128 e. The van der Waals surface area contributed by atoms with Crippen LogP contribution in [0.5, 0.6) is 0 Å². The number of hydrogen-bond acceptors (Lipinski definition) is 4. The van der Waals surface area contributed by atoms with Crippen molar-refractivity contribution in [1.29, 1.82) is 0 Å². The molecule has 0 atom stereocenters. The van der Waals surface area contributed by atoms with E-state index < -0.39 is 0 Å². The first-order valence-electron chi connectivity index (χ1n) is 6.61. The van der Waals surface area contributed by atoms with Crippen LogP contribution in [0.4, 0.5) is 0 Å². The molecule has 3 rings (SSSR count). The number of rotatable bonds is 1. The summed E-state index contributed by atoms with van der Waals surface area (Å²) in [4.78, 5) is 6.51. The molecule has 0 spiro atoms. The molecule has 0 fully saturated rings. The molecule has 1 aromatic rings. The quantitative estimate of drug-likeness (QED) is 0.819. The molecular weight excluding hydrogens is 250 g/mol. The molecule has 0 saturated heterocycles. The fourth-order valence-electron chi connectivity index (χ4n) is 2.47. The molecule has 1 aromatic heterocycles. The van der Waals surface area contributed by atoms with E-state index in [1.165, 1.54) is 0 Å². The number of aromatic nitrogens is 1. The number of aliphatic hydroxyl groups is 1. The predicted molar refractivity (Wildman–Crippen MR) is 79.7 cm³/mol. The van der Waals surface area contributed by atoms with Crippen molar-refractivity contribution in [2.45, 2.75) is 0 Å². The summed E-state index contributed by atoms with van der Waals surface area (Å²) < 4.78 is 0. The summed E-state index contributed by atoms with van der Waals surface area (Å²) in [5.41, 5.74) is 3.53. The molecule has 0 aliphatic carbocycles. The molecule has 102 valence electrons. The summed E-state index contributed by atoms with van der Waals surface area (Å²) >= 11 is 0. The number of likely N-dealkylation sites (N-methyl/N-ethyl adjacent to an activating group) is 1. The van der Waals surface area contributed by atoms with E-state index in [1.807, 2.05) is 49.7 Å². The Balaban J connectivity index is 2.09. The minimum atomic E-state index is 0.337. The average molecular weight is 267 g/mol. The Bertz CT molecular complexity index is 626. The van der Waals surface area contributed by atoms with Gasteiger partial charge in [-0.1, -0.05) is 12.1 Å². The van der Waals surface area contributed by atoms with Crippen molar-refractivity contribution >= 4 is 5.57 Å². The molecule has 0 amide bonds. The fourth-order valence-corrected chi connectivity index (χ4v) is 2.47. The third kappa shape index (κ3) is 2.38. The Morgan fingerprint density at radius 1 is 1.20 bits per heavy atom. The highest BCUT2D eigenvalue weighted by molar-refractivity contribution is 5.71. The maximum Gasteiger partial charge on any atom is 0.128 e. The predicted octanol–water partition coefficient (Wildman–Crippen LogP) is 2.22. The summed E-state index contributed by atoms with van der Waals surface area (Å²) in [7, 11) is 2.04. The van der Waals surface area contributed by atoms with E-state index in [4.69, 9.17) is 0 Å². The minimum Gasteiger partial charge on any atom is -0.507 e. The highest BCUT2D eigenvalue weighted by Crippen LogP contribution is 2.28. The maximum atomic E-state index is 10.6. The van der Waals surface area contributed by atoms with Gasteiger partial charge >= 0.3 is 0 Å². The van der Waals surface area contributed by atoms with Crippen LogP contribution in [-0.4, -0.2) is 35.1 Å². The van der Waals surface area contributed by atoms with Gasteiger partial charge in [0.1, 0.15) is 5.76 Å².